The van der Waals surface area contributed by atoms with Gasteiger partial charge in [-0.1, -0.05) is 77.4 Å². The van der Waals surface area contributed by atoms with E-state index in [2.05, 4.69) is 13.2 Å². The number of esters is 2. The first-order valence-corrected chi connectivity index (χ1v) is 13.6. The number of carbonyl (C=O) groups is 2. The predicted octanol–water partition coefficient (Wildman–Crippen LogP) is 6.04. The Kier molecular flexibility index (Phi) is 21.3. The molecule has 0 heterocycles. The number of ether oxygens (including phenoxy) is 2. The van der Waals surface area contributed by atoms with Gasteiger partial charge >= 0.3 is 19.8 Å². The maximum atomic E-state index is 11.9. The van der Waals surface area contributed by atoms with Crippen molar-refractivity contribution in [2.75, 3.05) is 26.4 Å². The highest BCUT2D eigenvalue weighted by atomic mass is 31.2. The van der Waals surface area contributed by atoms with E-state index in [9.17, 15) is 19.0 Å². The van der Waals surface area contributed by atoms with E-state index < -0.39 is 7.82 Å². The molecule has 0 saturated heterocycles. The zero-order valence-electron chi connectivity index (χ0n) is 20.0. The van der Waals surface area contributed by atoms with Gasteiger partial charge in [0.1, 0.15) is 0 Å². The van der Waals surface area contributed by atoms with Crippen LogP contribution in [0.1, 0.15) is 89.9 Å². The maximum Gasteiger partial charge on any atom is 0.472 e. The van der Waals surface area contributed by atoms with E-state index in [1.807, 2.05) is 0 Å². The quantitative estimate of drug-likeness (QED) is 0.0755. The molecule has 0 bridgehead atoms. The second kappa shape index (κ2) is 22.3. The lowest BCUT2D eigenvalue weighted by molar-refractivity contribution is -0.138. The van der Waals surface area contributed by atoms with Crippen molar-refractivity contribution in [1.29, 1.82) is 0 Å². The van der Waals surface area contributed by atoms with Crippen LogP contribution in [0.15, 0.2) is 25.3 Å². The predicted molar refractivity (Wildman–Crippen MR) is 129 cm³/mol. The van der Waals surface area contributed by atoms with E-state index in [-0.39, 0.29) is 25.2 Å². The molecule has 0 aromatic heterocycles. The molecule has 0 spiro atoms. The molecule has 1 N–H and O–H groups in total. The molecule has 0 amide bonds. The van der Waals surface area contributed by atoms with Gasteiger partial charge in [-0.3, -0.25) is 9.05 Å². The van der Waals surface area contributed by atoms with Crippen LogP contribution >= 0.6 is 7.82 Å². The molecule has 0 aliphatic rings. The molecule has 9 heteroatoms. The molecule has 0 unspecified atom stereocenters. The zero-order valence-corrected chi connectivity index (χ0v) is 20.9. The van der Waals surface area contributed by atoms with E-state index in [0.717, 1.165) is 89.9 Å². The summed E-state index contributed by atoms with van der Waals surface area (Å²) in [5.74, 6) is -0.761. The second-order valence-corrected chi connectivity index (χ2v) is 9.28. The highest BCUT2D eigenvalue weighted by Crippen LogP contribution is 2.43. The molecule has 0 saturated carbocycles. The summed E-state index contributed by atoms with van der Waals surface area (Å²) in [6.45, 7) is 7.98. The van der Waals surface area contributed by atoms with Crippen LogP contribution in [0, 0.1) is 0 Å². The summed E-state index contributed by atoms with van der Waals surface area (Å²) in [5, 5.41) is 0. The van der Waals surface area contributed by atoms with Gasteiger partial charge in [0.05, 0.1) is 26.4 Å². The smallest absolute Gasteiger partial charge is 0.463 e. The summed E-state index contributed by atoms with van der Waals surface area (Å²) in [7, 11) is -3.96. The van der Waals surface area contributed by atoms with Crippen LogP contribution in [0.4, 0.5) is 0 Å². The Bertz CT molecular complexity index is 533. The van der Waals surface area contributed by atoms with E-state index in [1.54, 1.807) is 0 Å². The first kappa shape index (κ1) is 31.5. The highest BCUT2D eigenvalue weighted by molar-refractivity contribution is 7.47. The molecule has 0 rings (SSSR count). The van der Waals surface area contributed by atoms with Gasteiger partial charge in [-0.25, -0.2) is 14.2 Å². The van der Waals surface area contributed by atoms with Gasteiger partial charge in [0, 0.05) is 12.2 Å². The summed E-state index contributed by atoms with van der Waals surface area (Å²) >= 11 is 0. The van der Waals surface area contributed by atoms with Gasteiger partial charge in [-0.2, -0.15) is 0 Å². The third kappa shape index (κ3) is 23.5. The Morgan fingerprint density at radius 3 is 1.15 bits per heavy atom. The summed E-state index contributed by atoms with van der Waals surface area (Å²) < 4.78 is 31.7. The summed E-state index contributed by atoms with van der Waals surface area (Å²) in [6.07, 6.45) is 15.7. The van der Waals surface area contributed by atoms with Crippen LogP contribution in [0.25, 0.3) is 0 Å². The molecule has 0 aliphatic carbocycles. The first-order valence-electron chi connectivity index (χ1n) is 12.1. The van der Waals surface area contributed by atoms with E-state index in [0.29, 0.717) is 13.2 Å². The van der Waals surface area contributed by atoms with Crippen molar-refractivity contribution in [3.8, 4) is 0 Å². The number of phosphoric ester groups is 1. The van der Waals surface area contributed by atoms with Crippen LogP contribution in [-0.4, -0.2) is 43.3 Å². The molecule has 33 heavy (non-hydrogen) atoms. The molecule has 192 valence electrons. The lowest BCUT2D eigenvalue weighted by Crippen LogP contribution is -2.01. The zero-order chi connectivity index (χ0) is 24.6. The van der Waals surface area contributed by atoms with Crippen molar-refractivity contribution >= 4 is 19.8 Å². The van der Waals surface area contributed by atoms with Crippen LogP contribution < -0.4 is 0 Å². The summed E-state index contributed by atoms with van der Waals surface area (Å²) in [5.41, 5.74) is 0. The van der Waals surface area contributed by atoms with Crippen LogP contribution in [-0.2, 0) is 32.7 Å². The van der Waals surface area contributed by atoms with Crippen molar-refractivity contribution < 1.29 is 37.6 Å². The third-order valence-electron chi connectivity index (χ3n) is 4.91. The first-order chi connectivity index (χ1) is 15.9. The minimum absolute atomic E-state index is 0.216. The fraction of sp³-hybridized carbons (Fsp3) is 0.750. The Labute approximate surface area is 199 Å². The Balaban J connectivity index is 3.38. The molecule has 0 fully saturated rings. The van der Waals surface area contributed by atoms with Crippen molar-refractivity contribution in [3.05, 3.63) is 25.3 Å². The Morgan fingerprint density at radius 2 is 0.848 bits per heavy atom. The van der Waals surface area contributed by atoms with Crippen molar-refractivity contribution in [2.45, 2.75) is 89.9 Å². The number of unbranched alkanes of at least 4 members (excludes halogenated alkanes) is 12. The molecular weight excluding hydrogens is 447 g/mol. The van der Waals surface area contributed by atoms with Gasteiger partial charge in [-0.05, 0) is 25.7 Å². The highest BCUT2D eigenvalue weighted by Gasteiger charge is 2.19. The lowest BCUT2D eigenvalue weighted by atomic mass is 10.1. The number of hydrogen-bond acceptors (Lipinski definition) is 7. The van der Waals surface area contributed by atoms with E-state index in [4.69, 9.17) is 18.5 Å². The van der Waals surface area contributed by atoms with Gasteiger partial charge in [0.2, 0.25) is 0 Å². The summed E-state index contributed by atoms with van der Waals surface area (Å²) in [6, 6.07) is 0. The fourth-order valence-electron chi connectivity index (χ4n) is 3.04. The average Bonchev–Trinajstić information content (AvgIpc) is 2.80. The fourth-order valence-corrected chi connectivity index (χ4v) is 3.83. The SMILES string of the molecule is C=CC(=O)OCCCCCCCCCOP(=O)(O)OCCCCCCCCCOC(=O)C=C. The van der Waals surface area contributed by atoms with Crippen LogP contribution in [0.5, 0.6) is 0 Å². The van der Waals surface area contributed by atoms with Gasteiger partial charge < -0.3 is 14.4 Å². The van der Waals surface area contributed by atoms with Crippen molar-refractivity contribution in [3.63, 3.8) is 0 Å². The molecule has 0 radical (unpaired) electrons. The van der Waals surface area contributed by atoms with Crippen molar-refractivity contribution in [1.82, 2.24) is 0 Å². The third-order valence-corrected chi connectivity index (χ3v) is 5.93. The van der Waals surface area contributed by atoms with Gasteiger partial charge in [-0.15, -0.1) is 0 Å². The number of rotatable bonds is 24. The Morgan fingerprint density at radius 1 is 0.576 bits per heavy atom. The maximum absolute atomic E-state index is 11.9. The second-order valence-electron chi connectivity index (χ2n) is 7.83. The largest absolute Gasteiger partial charge is 0.472 e. The summed E-state index contributed by atoms with van der Waals surface area (Å²) in [4.78, 5) is 31.5. The normalized spacial score (nSPS) is 11.2. The van der Waals surface area contributed by atoms with Crippen LogP contribution in [0.3, 0.4) is 0 Å². The van der Waals surface area contributed by atoms with Crippen molar-refractivity contribution in [2.24, 2.45) is 0 Å². The van der Waals surface area contributed by atoms with Crippen LogP contribution in [0.2, 0.25) is 0 Å². The molecular formula is C24H43O8P. The van der Waals surface area contributed by atoms with E-state index >= 15 is 0 Å². The lowest BCUT2D eigenvalue weighted by Gasteiger charge is -2.12. The number of phosphoric acid groups is 1. The van der Waals surface area contributed by atoms with Gasteiger partial charge in [0.25, 0.3) is 0 Å². The molecule has 0 atom stereocenters. The van der Waals surface area contributed by atoms with Gasteiger partial charge in [0.15, 0.2) is 0 Å². The topological polar surface area (TPSA) is 108 Å². The number of hydrogen-bond donors (Lipinski definition) is 1. The molecule has 0 aromatic carbocycles. The minimum Gasteiger partial charge on any atom is -0.463 e. The Hall–Kier alpha value is -1.47. The molecule has 0 aromatic rings. The number of carbonyl (C=O) groups excluding carboxylic acids is 2. The molecule has 8 nitrogen and oxygen atoms in total. The average molecular weight is 491 g/mol. The monoisotopic (exact) mass is 490 g/mol. The minimum atomic E-state index is -3.96. The molecule has 0 aliphatic heterocycles. The standard InChI is InChI=1S/C24H43O8P/c1-3-23(25)29-19-15-11-7-5-9-13-17-21-31-33(27,28)32-22-18-14-10-6-8-12-16-20-30-24(26)4-2/h3-4H,1-2,5-22H2,(H,27,28). The van der Waals surface area contributed by atoms with E-state index in [1.165, 1.54) is 12.2 Å².